The molecule has 0 bridgehead atoms. The summed E-state index contributed by atoms with van der Waals surface area (Å²) in [6.45, 7) is 4.05. The van der Waals surface area contributed by atoms with Gasteiger partial charge in [0.25, 0.3) is 0 Å². The van der Waals surface area contributed by atoms with Crippen LogP contribution in [0.4, 0.5) is 0 Å². The van der Waals surface area contributed by atoms with Crippen LogP contribution in [0.25, 0.3) is 0 Å². The number of rotatable bonds is 6. The molecule has 0 fully saturated rings. The van der Waals surface area contributed by atoms with Gasteiger partial charge in [-0.25, -0.2) is 0 Å². The number of nitrogens with one attached hydrogen (secondary N) is 1. The van der Waals surface area contributed by atoms with Gasteiger partial charge < -0.3 is 10.2 Å². The van der Waals surface area contributed by atoms with Gasteiger partial charge in [-0.3, -0.25) is 0 Å². The van der Waals surface area contributed by atoms with Crippen LogP contribution >= 0.6 is 11.3 Å². The quantitative estimate of drug-likeness (QED) is 0.823. The molecule has 1 rings (SSSR count). The molecule has 0 saturated heterocycles. The van der Waals surface area contributed by atoms with Gasteiger partial charge >= 0.3 is 0 Å². The zero-order valence-corrected chi connectivity index (χ0v) is 11.0. The zero-order valence-electron chi connectivity index (χ0n) is 10.2. The maximum Gasteiger partial charge on any atom is 0.100 e. The Bertz CT molecular complexity index is 351. The van der Waals surface area contributed by atoms with E-state index in [1.165, 1.54) is 4.88 Å². The van der Waals surface area contributed by atoms with E-state index in [-0.39, 0.29) is 0 Å². The number of hydrogen-bond acceptors (Lipinski definition) is 4. The zero-order chi connectivity index (χ0) is 12.0. The van der Waals surface area contributed by atoms with E-state index in [0.29, 0.717) is 6.04 Å². The van der Waals surface area contributed by atoms with Crippen LogP contribution in [0.15, 0.2) is 11.4 Å². The van der Waals surface area contributed by atoms with E-state index in [1.807, 2.05) is 11.4 Å². The van der Waals surface area contributed by atoms with Crippen molar-refractivity contribution in [1.82, 2.24) is 10.2 Å². The Morgan fingerprint density at radius 3 is 2.81 bits per heavy atom. The number of hydrogen-bond donors (Lipinski definition) is 1. The summed E-state index contributed by atoms with van der Waals surface area (Å²) in [4.78, 5) is 3.47. The van der Waals surface area contributed by atoms with Crippen molar-refractivity contribution in [2.75, 3.05) is 20.6 Å². The minimum atomic E-state index is 0.579. The van der Waals surface area contributed by atoms with E-state index in [1.54, 1.807) is 11.3 Å². The van der Waals surface area contributed by atoms with E-state index in [0.717, 1.165) is 25.1 Å². The lowest BCUT2D eigenvalue weighted by Crippen LogP contribution is -2.36. The molecule has 0 aliphatic heterocycles. The lowest BCUT2D eigenvalue weighted by molar-refractivity contribution is 0.276. The smallest absolute Gasteiger partial charge is 0.100 e. The molecule has 0 aliphatic rings. The van der Waals surface area contributed by atoms with Gasteiger partial charge in [-0.15, -0.1) is 11.3 Å². The van der Waals surface area contributed by atoms with E-state index < -0.39 is 0 Å². The minimum Gasteiger partial charge on any atom is -0.310 e. The van der Waals surface area contributed by atoms with Crippen LogP contribution in [0, 0.1) is 11.3 Å². The van der Waals surface area contributed by atoms with Gasteiger partial charge in [-0.2, -0.15) is 5.26 Å². The first-order valence-corrected chi connectivity index (χ1v) is 6.40. The van der Waals surface area contributed by atoms with Crippen LogP contribution in [-0.4, -0.2) is 31.6 Å². The molecule has 0 amide bonds. The third-order valence-corrected chi connectivity index (χ3v) is 3.60. The topological polar surface area (TPSA) is 39.1 Å². The van der Waals surface area contributed by atoms with Crippen LogP contribution in [0.3, 0.4) is 0 Å². The molecule has 1 aromatic rings. The summed E-state index contributed by atoms with van der Waals surface area (Å²) >= 11 is 1.64. The second-order valence-electron chi connectivity index (χ2n) is 4.07. The van der Waals surface area contributed by atoms with E-state index >= 15 is 0 Å². The number of nitrogens with zero attached hydrogens (tertiary/aromatic N) is 2. The molecule has 88 valence electrons. The summed E-state index contributed by atoms with van der Waals surface area (Å²) in [5, 5.41) is 14.0. The van der Waals surface area contributed by atoms with Gasteiger partial charge in [0.1, 0.15) is 6.07 Å². The molecule has 1 heterocycles. The number of nitriles is 1. The van der Waals surface area contributed by atoms with Gasteiger partial charge in [0.15, 0.2) is 0 Å². The predicted octanol–water partition coefficient (Wildman–Crippen LogP) is 2.05. The van der Waals surface area contributed by atoms with E-state index in [4.69, 9.17) is 5.26 Å². The molecule has 0 saturated carbocycles. The summed E-state index contributed by atoms with van der Waals surface area (Å²) in [7, 11) is 4.21. The van der Waals surface area contributed by atoms with Crippen molar-refractivity contribution >= 4 is 11.3 Å². The highest BCUT2D eigenvalue weighted by Gasteiger charge is 2.07. The van der Waals surface area contributed by atoms with Crippen molar-refractivity contribution in [2.45, 2.75) is 25.9 Å². The highest BCUT2D eigenvalue weighted by molar-refractivity contribution is 7.10. The van der Waals surface area contributed by atoms with Gasteiger partial charge in [0.05, 0.1) is 5.56 Å². The Balaban J connectivity index is 2.32. The van der Waals surface area contributed by atoms with Crippen molar-refractivity contribution in [3.05, 3.63) is 21.9 Å². The van der Waals surface area contributed by atoms with E-state index in [9.17, 15) is 0 Å². The molecule has 1 N–H and O–H groups in total. The van der Waals surface area contributed by atoms with Crippen molar-refractivity contribution in [2.24, 2.45) is 0 Å². The second kappa shape index (κ2) is 6.64. The van der Waals surface area contributed by atoms with Gasteiger partial charge in [0, 0.05) is 29.4 Å². The first-order chi connectivity index (χ1) is 7.67. The van der Waals surface area contributed by atoms with Crippen molar-refractivity contribution in [3.63, 3.8) is 0 Å². The van der Waals surface area contributed by atoms with Gasteiger partial charge in [0.2, 0.25) is 0 Å². The Morgan fingerprint density at radius 2 is 2.31 bits per heavy atom. The van der Waals surface area contributed by atoms with E-state index in [2.05, 4.69) is 37.3 Å². The standard InChI is InChI=1S/C12H19N3S/c1-4-11(15(2)3)7-14-8-12-5-10(6-13)9-16-12/h5,9,11,14H,4,7-8H2,1-3H3. The fourth-order valence-electron chi connectivity index (χ4n) is 1.59. The molecule has 3 nitrogen and oxygen atoms in total. The summed E-state index contributed by atoms with van der Waals surface area (Å²) in [6.07, 6.45) is 1.15. The third kappa shape index (κ3) is 3.93. The Hall–Kier alpha value is -0.890. The highest BCUT2D eigenvalue weighted by Crippen LogP contribution is 2.13. The fourth-order valence-corrected chi connectivity index (χ4v) is 2.37. The average Bonchev–Trinajstić information content (AvgIpc) is 2.71. The number of likely N-dealkylation sites (N-methyl/N-ethyl adjacent to an activating group) is 1. The molecule has 1 aromatic heterocycles. The van der Waals surface area contributed by atoms with Crippen LogP contribution < -0.4 is 5.32 Å². The summed E-state index contributed by atoms with van der Waals surface area (Å²) < 4.78 is 0. The summed E-state index contributed by atoms with van der Waals surface area (Å²) in [5.74, 6) is 0. The van der Waals surface area contributed by atoms with Crippen LogP contribution in [0.2, 0.25) is 0 Å². The average molecular weight is 237 g/mol. The maximum absolute atomic E-state index is 8.71. The first kappa shape index (κ1) is 13.2. The second-order valence-corrected chi connectivity index (χ2v) is 5.07. The summed E-state index contributed by atoms with van der Waals surface area (Å²) in [6, 6.07) is 4.68. The molecule has 0 aliphatic carbocycles. The van der Waals surface area contributed by atoms with Crippen molar-refractivity contribution < 1.29 is 0 Å². The lowest BCUT2D eigenvalue weighted by atomic mass is 10.2. The van der Waals surface area contributed by atoms with Crippen molar-refractivity contribution in [1.29, 1.82) is 5.26 Å². The summed E-state index contributed by atoms with van der Waals surface area (Å²) in [5.41, 5.74) is 0.765. The monoisotopic (exact) mass is 237 g/mol. The molecule has 4 heteroatoms. The first-order valence-electron chi connectivity index (χ1n) is 5.52. The molecule has 1 atom stereocenters. The molecule has 16 heavy (non-hydrogen) atoms. The van der Waals surface area contributed by atoms with Gasteiger partial charge in [-0.1, -0.05) is 6.92 Å². The lowest BCUT2D eigenvalue weighted by Gasteiger charge is -2.22. The van der Waals surface area contributed by atoms with Crippen molar-refractivity contribution in [3.8, 4) is 6.07 Å². The highest BCUT2D eigenvalue weighted by atomic mass is 32.1. The molecule has 0 aromatic carbocycles. The van der Waals surface area contributed by atoms with Gasteiger partial charge in [-0.05, 0) is 26.6 Å². The molecule has 1 unspecified atom stereocenters. The fraction of sp³-hybridized carbons (Fsp3) is 0.583. The molecular formula is C12H19N3S. The largest absolute Gasteiger partial charge is 0.310 e. The predicted molar refractivity (Wildman–Crippen MR) is 68.5 cm³/mol. The van der Waals surface area contributed by atoms with Crippen LogP contribution in [0.1, 0.15) is 23.8 Å². The Labute approximate surface area is 102 Å². The molecule has 0 radical (unpaired) electrons. The third-order valence-electron chi connectivity index (χ3n) is 2.66. The molecule has 0 spiro atoms. The minimum absolute atomic E-state index is 0.579. The van der Waals surface area contributed by atoms with Crippen LogP contribution in [-0.2, 0) is 6.54 Å². The SMILES string of the molecule is CCC(CNCc1cc(C#N)cs1)N(C)C. The Morgan fingerprint density at radius 1 is 1.56 bits per heavy atom. The van der Waals surface area contributed by atoms with Crippen LogP contribution in [0.5, 0.6) is 0 Å². The Kier molecular flexibility index (Phi) is 5.47. The number of thiophene rings is 1. The maximum atomic E-state index is 8.71. The normalized spacial score (nSPS) is 12.7. The molecular weight excluding hydrogens is 218 g/mol.